The number of hydrogen-bond donors (Lipinski definition) is 1. The van der Waals surface area contributed by atoms with Crippen LogP contribution in [0.4, 0.5) is 0 Å². The summed E-state index contributed by atoms with van der Waals surface area (Å²) in [7, 11) is 1.61. The van der Waals surface area contributed by atoms with Crippen molar-refractivity contribution >= 4 is 5.91 Å². The number of amides is 1. The lowest BCUT2D eigenvalue weighted by molar-refractivity contribution is 0.0944. The highest BCUT2D eigenvalue weighted by Crippen LogP contribution is 2.17. The van der Waals surface area contributed by atoms with Crippen molar-refractivity contribution in [3.8, 4) is 11.5 Å². The van der Waals surface area contributed by atoms with Gasteiger partial charge in [-0.25, -0.2) is 4.68 Å². The Morgan fingerprint density at radius 2 is 1.93 bits per heavy atom. The third-order valence-corrected chi connectivity index (χ3v) is 4.24. The van der Waals surface area contributed by atoms with Crippen LogP contribution in [0.2, 0.25) is 0 Å². The number of aryl methyl sites for hydroxylation is 1. The molecular formula is C19H23N5O3. The lowest BCUT2D eigenvalue weighted by atomic mass is 10.2. The molecule has 1 aromatic carbocycles. The summed E-state index contributed by atoms with van der Waals surface area (Å²) in [5.41, 5.74) is 2.39. The Hall–Kier alpha value is -3.29. The Labute approximate surface area is 157 Å². The summed E-state index contributed by atoms with van der Waals surface area (Å²) in [5, 5.41) is 11.4. The summed E-state index contributed by atoms with van der Waals surface area (Å²) in [5.74, 6) is 1.22. The molecule has 0 radical (unpaired) electrons. The molecule has 1 amide bonds. The molecule has 2 aromatic heterocycles. The number of benzene rings is 1. The molecule has 0 saturated carbocycles. The second-order valence-electron chi connectivity index (χ2n) is 5.94. The quantitative estimate of drug-likeness (QED) is 0.659. The minimum atomic E-state index is -0.234. The molecule has 0 unspecified atom stereocenters. The van der Waals surface area contributed by atoms with E-state index in [9.17, 15) is 4.79 Å². The van der Waals surface area contributed by atoms with Crippen LogP contribution in [0.3, 0.4) is 0 Å². The van der Waals surface area contributed by atoms with Gasteiger partial charge < -0.3 is 14.8 Å². The maximum atomic E-state index is 12.3. The van der Waals surface area contributed by atoms with Crippen LogP contribution in [-0.4, -0.2) is 32.6 Å². The first-order valence-corrected chi connectivity index (χ1v) is 8.70. The number of ether oxygens (including phenoxy) is 2. The van der Waals surface area contributed by atoms with E-state index < -0.39 is 0 Å². The fourth-order valence-electron chi connectivity index (χ4n) is 2.61. The lowest BCUT2D eigenvalue weighted by Gasteiger charge is -2.07. The average molecular weight is 369 g/mol. The van der Waals surface area contributed by atoms with Crippen LogP contribution >= 0.6 is 0 Å². The van der Waals surface area contributed by atoms with Crippen molar-refractivity contribution in [1.29, 1.82) is 0 Å². The first-order valence-electron chi connectivity index (χ1n) is 8.70. The normalized spacial score (nSPS) is 10.6. The van der Waals surface area contributed by atoms with Gasteiger partial charge in [0.15, 0.2) is 6.73 Å². The summed E-state index contributed by atoms with van der Waals surface area (Å²) < 4.78 is 14.2. The SMILES string of the molecule is CCn1ncc(CNC(=O)c2ccn(COc3ccc(OC)cc3)n2)c1C. The maximum Gasteiger partial charge on any atom is 0.272 e. The molecular weight excluding hydrogens is 346 g/mol. The highest BCUT2D eigenvalue weighted by molar-refractivity contribution is 5.92. The topological polar surface area (TPSA) is 83.2 Å². The minimum absolute atomic E-state index is 0.210. The first-order chi connectivity index (χ1) is 13.1. The Bertz CT molecular complexity index is 898. The molecule has 1 N–H and O–H groups in total. The van der Waals surface area contributed by atoms with Crippen LogP contribution < -0.4 is 14.8 Å². The Kier molecular flexibility index (Phi) is 5.75. The van der Waals surface area contributed by atoms with Gasteiger partial charge in [0.1, 0.15) is 17.2 Å². The van der Waals surface area contributed by atoms with E-state index >= 15 is 0 Å². The molecule has 8 heteroatoms. The maximum absolute atomic E-state index is 12.3. The van der Waals surface area contributed by atoms with Crippen LogP contribution in [-0.2, 0) is 19.8 Å². The number of nitrogens with zero attached hydrogens (tertiary/aromatic N) is 4. The molecule has 0 atom stereocenters. The van der Waals surface area contributed by atoms with Crippen molar-refractivity contribution in [2.24, 2.45) is 0 Å². The largest absolute Gasteiger partial charge is 0.497 e. The van der Waals surface area contributed by atoms with Crippen molar-refractivity contribution in [2.45, 2.75) is 33.7 Å². The Morgan fingerprint density at radius 1 is 1.19 bits per heavy atom. The van der Waals surface area contributed by atoms with Crippen molar-refractivity contribution in [2.75, 3.05) is 7.11 Å². The lowest BCUT2D eigenvalue weighted by Crippen LogP contribution is -2.24. The fourth-order valence-corrected chi connectivity index (χ4v) is 2.61. The number of hydrogen-bond acceptors (Lipinski definition) is 5. The molecule has 2 heterocycles. The minimum Gasteiger partial charge on any atom is -0.497 e. The van der Waals surface area contributed by atoms with E-state index in [1.165, 1.54) is 0 Å². The van der Waals surface area contributed by atoms with Gasteiger partial charge in [0.25, 0.3) is 5.91 Å². The zero-order valence-electron chi connectivity index (χ0n) is 15.7. The van der Waals surface area contributed by atoms with Crippen LogP contribution in [0, 0.1) is 6.92 Å². The predicted molar refractivity (Wildman–Crippen MR) is 99.7 cm³/mol. The summed E-state index contributed by atoms with van der Waals surface area (Å²) >= 11 is 0. The number of nitrogens with one attached hydrogen (secondary N) is 1. The van der Waals surface area contributed by atoms with Gasteiger partial charge >= 0.3 is 0 Å². The van der Waals surface area contributed by atoms with Gasteiger partial charge in [0.2, 0.25) is 0 Å². The molecule has 3 rings (SSSR count). The molecule has 27 heavy (non-hydrogen) atoms. The van der Waals surface area contributed by atoms with E-state index in [0.29, 0.717) is 18.0 Å². The van der Waals surface area contributed by atoms with Crippen LogP contribution in [0.1, 0.15) is 28.7 Å². The molecule has 142 valence electrons. The van der Waals surface area contributed by atoms with Crippen molar-refractivity contribution in [3.05, 3.63) is 59.7 Å². The van der Waals surface area contributed by atoms with Gasteiger partial charge in [-0.15, -0.1) is 0 Å². The second-order valence-corrected chi connectivity index (χ2v) is 5.94. The van der Waals surface area contributed by atoms with Gasteiger partial charge in [-0.3, -0.25) is 9.48 Å². The second kappa shape index (κ2) is 8.39. The number of aromatic nitrogens is 4. The van der Waals surface area contributed by atoms with Gasteiger partial charge in [-0.05, 0) is 44.2 Å². The molecule has 0 aliphatic heterocycles. The smallest absolute Gasteiger partial charge is 0.272 e. The molecule has 8 nitrogen and oxygen atoms in total. The molecule has 0 aliphatic carbocycles. The summed E-state index contributed by atoms with van der Waals surface area (Å²) in [6.07, 6.45) is 3.49. The molecule has 3 aromatic rings. The molecule has 0 fully saturated rings. The predicted octanol–water partition coefficient (Wildman–Crippen LogP) is 2.38. The van der Waals surface area contributed by atoms with E-state index in [1.807, 2.05) is 42.8 Å². The average Bonchev–Trinajstić information content (AvgIpc) is 3.31. The molecule has 0 spiro atoms. The van der Waals surface area contributed by atoms with Gasteiger partial charge in [0.05, 0.1) is 13.3 Å². The highest BCUT2D eigenvalue weighted by Gasteiger charge is 2.11. The fraction of sp³-hybridized carbons (Fsp3) is 0.316. The van der Waals surface area contributed by atoms with Crippen molar-refractivity contribution in [3.63, 3.8) is 0 Å². The van der Waals surface area contributed by atoms with Crippen LogP contribution in [0.15, 0.2) is 42.7 Å². The monoisotopic (exact) mass is 369 g/mol. The van der Waals surface area contributed by atoms with Crippen LogP contribution in [0.25, 0.3) is 0 Å². The number of carbonyl (C=O) groups is 1. The Morgan fingerprint density at radius 3 is 2.59 bits per heavy atom. The number of methoxy groups -OCH3 is 1. The van der Waals surface area contributed by atoms with Crippen LogP contribution in [0.5, 0.6) is 11.5 Å². The number of rotatable bonds is 8. The van der Waals surface area contributed by atoms with Crippen molar-refractivity contribution in [1.82, 2.24) is 24.9 Å². The molecule has 0 aliphatic rings. The van der Waals surface area contributed by atoms with E-state index in [4.69, 9.17) is 9.47 Å². The molecule has 0 bridgehead atoms. The third kappa shape index (κ3) is 4.46. The standard InChI is InChI=1S/C19H23N5O3/c1-4-24-14(2)15(12-21-24)11-20-19(25)18-9-10-23(22-18)13-27-17-7-5-16(26-3)6-8-17/h5-10,12H,4,11,13H2,1-3H3,(H,20,25). The summed E-state index contributed by atoms with van der Waals surface area (Å²) in [6, 6.07) is 8.93. The summed E-state index contributed by atoms with van der Waals surface area (Å²) in [6.45, 7) is 5.45. The third-order valence-electron chi connectivity index (χ3n) is 4.24. The van der Waals surface area contributed by atoms with Gasteiger partial charge in [-0.1, -0.05) is 0 Å². The zero-order chi connectivity index (χ0) is 19.2. The highest BCUT2D eigenvalue weighted by atomic mass is 16.5. The van der Waals surface area contributed by atoms with Crippen molar-refractivity contribution < 1.29 is 14.3 Å². The van der Waals surface area contributed by atoms with E-state index in [2.05, 4.69) is 15.5 Å². The zero-order valence-corrected chi connectivity index (χ0v) is 15.7. The summed E-state index contributed by atoms with van der Waals surface area (Å²) in [4.78, 5) is 12.3. The first kappa shape index (κ1) is 18.5. The molecule has 0 saturated heterocycles. The van der Waals surface area contributed by atoms with E-state index in [-0.39, 0.29) is 12.6 Å². The Balaban J connectivity index is 1.52. The van der Waals surface area contributed by atoms with Gasteiger partial charge in [-0.2, -0.15) is 10.2 Å². The number of carbonyl (C=O) groups excluding carboxylic acids is 1. The van der Waals surface area contributed by atoms with Gasteiger partial charge in [0, 0.05) is 30.5 Å². The van der Waals surface area contributed by atoms with E-state index in [1.54, 1.807) is 30.3 Å². The van der Waals surface area contributed by atoms with E-state index in [0.717, 1.165) is 23.6 Å².